The molecule has 1 heterocycles. The maximum absolute atomic E-state index is 11.7. The topological polar surface area (TPSA) is 70.1 Å². The van der Waals surface area contributed by atoms with Crippen molar-refractivity contribution in [3.63, 3.8) is 0 Å². The standard InChI is InChI=1S/C15H16N4O/c1-11(8-9-13-6-4-3-5-7-13)16-19-15(20)14-10-12(2)17-18-14/h3-10H,1-2H3,(H,17,18)(H,19,20)/b9-8+,16-11?. The average molecular weight is 268 g/mol. The first-order valence-electron chi connectivity index (χ1n) is 6.25. The van der Waals surface area contributed by atoms with Gasteiger partial charge in [-0.15, -0.1) is 0 Å². The zero-order chi connectivity index (χ0) is 14.4. The Morgan fingerprint density at radius 3 is 2.75 bits per heavy atom. The smallest absolute Gasteiger partial charge is 0.282 e. The molecule has 2 N–H and O–H groups in total. The molecule has 0 saturated carbocycles. The van der Waals surface area contributed by atoms with E-state index in [9.17, 15) is 4.79 Å². The van der Waals surface area contributed by atoms with E-state index < -0.39 is 0 Å². The fraction of sp³-hybridized carbons (Fsp3) is 0.133. The molecule has 5 nitrogen and oxygen atoms in total. The lowest BCUT2D eigenvalue weighted by Crippen LogP contribution is -2.19. The molecule has 0 unspecified atom stereocenters. The number of rotatable bonds is 4. The molecule has 1 aromatic carbocycles. The molecular weight excluding hydrogens is 252 g/mol. The minimum atomic E-state index is -0.332. The highest BCUT2D eigenvalue weighted by Crippen LogP contribution is 2.01. The molecule has 0 saturated heterocycles. The van der Waals surface area contributed by atoms with Crippen molar-refractivity contribution >= 4 is 17.7 Å². The summed E-state index contributed by atoms with van der Waals surface area (Å²) < 4.78 is 0. The lowest BCUT2D eigenvalue weighted by Gasteiger charge is -1.96. The van der Waals surface area contributed by atoms with Gasteiger partial charge in [0.05, 0.1) is 5.71 Å². The monoisotopic (exact) mass is 268 g/mol. The van der Waals surface area contributed by atoms with E-state index in [2.05, 4.69) is 20.7 Å². The second-order valence-corrected chi connectivity index (χ2v) is 4.37. The molecule has 0 aliphatic heterocycles. The average Bonchev–Trinajstić information content (AvgIpc) is 2.90. The molecule has 2 rings (SSSR count). The number of carbonyl (C=O) groups is 1. The number of aryl methyl sites for hydroxylation is 1. The third kappa shape index (κ3) is 3.91. The summed E-state index contributed by atoms with van der Waals surface area (Å²) in [5, 5.41) is 10.6. The van der Waals surface area contributed by atoms with Gasteiger partial charge in [0.1, 0.15) is 0 Å². The Balaban J connectivity index is 1.94. The van der Waals surface area contributed by atoms with E-state index in [0.29, 0.717) is 11.4 Å². The number of carbonyl (C=O) groups excluding carboxylic acids is 1. The third-order valence-electron chi connectivity index (χ3n) is 2.59. The Bertz CT molecular complexity index is 641. The van der Waals surface area contributed by atoms with Crippen molar-refractivity contribution in [2.24, 2.45) is 5.10 Å². The highest BCUT2D eigenvalue weighted by Gasteiger charge is 2.07. The second-order valence-electron chi connectivity index (χ2n) is 4.37. The summed E-state index contributed by atoms with van der Waals surface area (Å²) in [6.45, 7) is 3.65. The zero-order valence-corrected chi connectivity index (χ0v) is 11.4. The predicted molar refractivity (Wildman–Crippen MR) is 79.4 cm³/mol. The lowest BCUT2D eigenvalue weighted by molar-refractivity contribution is 0.0950. The number of hydrazone groups is 1. The summed E-state index contributed by atoms with van der Waals surface area (Å²) in [4.78, 5) is 11.7. The van der Waals surface area contributed by atoms with Crippen LogP contribution in [0.5, 0.6) is 0 Å². The number of hydrogen-bond donors (Lipinski definition) is 2. The normalized spacial score (nSPS) is 11.8. The third-order valence-corrected chi connectivity index (χ3v) is 2.59. The first-order chi connectivity index (χ1) is 9.65. The fourth-order valence-corrected chi connectivity index (χ4v) is 1.55. The summed E-state index contributed by atoms with van der Waals surface area (Å²) in [5.74, 6) is -0.332. The molecule has 2 aromatic rings. The molecular formula is C15H16N4O. The van der Waals surface area contributed by atoms with E-state index >= 15 is 0 Å². The van der Waals surface area contributed by atoms with E-state index in [0.717, 1.165) is 11.3 Å². The number of hydrogen-bond acceptors (Lipinski definition) is 3. The van der Waals surface area contributed by atoms with Crippen LogP contribution >= 0.6 is 0 Å². The van der Waals surface area contributed by atoms with Crippen LogP contribution in [-0.4, -0.2) is 21.8 Å². The molecule has 0 aliphatic carbocycles. The molecule has 20 heavy (non-hydrogen) atoms. The van der Waals surface area contributed by atoms with Crippen molar-refractivity contribution < 1.29 is 4.79 Å². The predicted octanol–water partition coefficient (Wildman–Crippen LogP) is 2.54. The van der Waals surface area contributed by atoms with Crippen molar-refractivity contribution in [1.29, 1.82) is 0 Å². The Morgan fingerprint density at radius 1 is 1.35 bits per heavy atom. The quantitative estimate of drug-likeness (QED) is 0.660. The van der Waals surface area contributed by atoms with Crippen LogP contribution < -0.4 is 5.43 Å². The number of benzene rings is 1. The van der Waals surface area contributed by atoms with Crippen LogP contribution in [0.4, 0.5) is 0 Å². The molecule has 102 valence electrons. The van der Waals surface area contributed by atoms with Gasteiger partial charge in [-0.05, 0) is 31.6 Å². The summed E-state index contributed by atoms with van der Waals surface area (Å²) >= 11 is 0. The lowest BCUT2D eigenvalue weighted by atomic mass is 10.2. The highest BCUT2D eigenvalue weighted by molar-refractivity contribution is 5.98. The number of aromatic nitrogens is 2. The van der Waals surface area contributed by atoms with Crippen LogP contribution in [0.25, 0.3) is 6.08 Å². The van der Waals surface area contributed by atoms with Gasteiger partial charge in [0.15, 0.2) is 5.69 Å². The van der Waals surface area contributed by atoms with E-state index in [1.54, 1.807) is 6.07 Å². The largest absolute Gasteiger partial charge is 0.291 e. The van der Waals surface area contributed by atoms with E-state index in [-0.39, 0.29) is 5.91 Å². The van der Waals surface area contributed by atoms with Gasteiger partial charge in [-0.2, -0.15) is 10.2 Å². The van der Waals surface area contributed by atoms with Crippen LogP contribution in [0.2, 0.25) is 0 Å². The van der Waals surface area contributed by atoms with Crippen LogP contribution in [0.3, 0.4) is 0 Å². The highest BCUT2D eigenvalue weighted by atomic mass is 16.2. The van der Waals surface area contributed by atoms with Crippen LogP contribution in [0.15, 0.2) is 47.6 Å². The van der Waals surface area contributed by atoms with E-state index in [1.165, 1.54) is 0 Å². The van der Waals surface area contributed by atoms with Gasteiger partial charge in [-0.3, -0.25) is 9.89 Å². The Morgan fingerprint density at radius 2 is 2.10 bits per heavy atom. The molecule has 5 heteroatoms. The second kappa shape index (κ2) is 6.47. The minimum Gasteiger partial charge on any atom is -0.282 e. The van der Waals surface area contributed by atoms with Crippen molar-refractivity contribution in [2.75, 3.05) is 0 Å². The summed E-state index contributed by atoms with van der Waals surface area (Å²) in [6, 6.07) is 11.6. The van der Waals surface area contributed by atoms with Crippen molar-refractivity contribution in [1.82, 2.24) is 15.6 Å². The Hall–Kier alpha value is -2.69. The van der Waals surface area contributed by atoms with Gasteiger partial charge in [-0.25, -0.2) is 5.43 Å². The molecule has 0 radical (unpaired) electrons. The molecule has 0 fully saturated rings. The minimum absolute atomic E-state index is 0.325. The first-order valence-corrected chi connectivity index (χ1v) is 6.25. The van der Waals surface area contributed by atoms with Gasteiger partial charge >= 0.3 is 0 Å². The summed E-state index contributed by atoms with van der Waals surface area (Å²) in [7, 11) is 0. The Labute approximate surface area is 117 Å². The van der Waals surface area contributed by atoms with Gasteiger partial charge in [0.25, 0.3) is 5.91 Å². The van der Waals surface area contributed by atoms with Gasteiger partial charge in [0, 0.05) is 5.69 Å². The van der Waals surface area contributed by atoms with Crippen molar-refractivity contribution in [3.05, 3.63) is 59.4 Å². The van der Waals surface area contributed by atoms with E-state index in [1.807, 2.05) is 56.3 Å². The molecule has 0 spiro atoms. The van der Waals surface area contributed by atoms with E-state index in [4.69, 9.17) is 0 Å². The van der Waals surface area contributed by atoms with Crippen molar-refractivity contribution in [3.8, 4) is 0 Å². The number of amides is 1. The molecule has 0 bridgehead atoms. The van der Waals surface area contributed by atoms with Crippen LogP contribution in [0.1, 0.15) is 28.7 Å². The van der Waals surface area contributed by atoms with Crippen LogP contribution in [0, 0.1) is 6.92 Å². The number of allylic oxidation sites excluding steroid dienone is 1. The molecule has 0 atom stereocenters. The van der Waals surface area contributed by atoms with Crippen molar-refractivity contribution in [2.45, 2.75) is 13.8 Å². The fourth-order valence-electron chi connectivity index (χ4n) is 1.55. The molecule has 1 amide bonds. The SMILES string of the molecule is CC(/C=C/c1ccccc1)=NNC(=O)c1cc(C)[nH]n1. The summed E-state index contributed by atoms with van der Waals surface area (Å²) in [6.07, 6.45) is 3.77. The maximum Gasteiger partial charge on any atom is 0.291 e. The molecule has 1 aromatic heterocycles. The zero-order valence-electron chi connectivity index (χ0n) is 11.4. The first kappa shape index (κ1) is 13.7. The number of nitrogens with one attached hydrogen (secondary N) is 2. The number of nitrogens with zero attached hydrogens (tertiary/aromatic N) is 2. The van der Waals surface area contributed by atoms with Gasteiger partial charge < -0.3 is 0 Å². The van der Waals surface area contributed by atoms with Crippen LogP contribution in [-0.2, 0) is 0 Å². The van der Waals surface area contributed by atoms with Gasteiger partial charge in [-0.1, -0.05) is 36.4 Å². The number of H-pyrrole nitrogens is 1. The maximum atomic E-state index is 11.7. The Kier molecular flexibility index (Phi) is 4.44. The number of aromatic amines is 1. The molecule has 0 aliphatic rings. The van der Waals surface area contributed by atoms with Gasteiger partial charge in [0.2, 0.25) is 0 Å². The summed E-state index contributed by atoms with van der Waals surface area (Å²) in [5.41, 5.74) is 5.40.